The van der Waals surface area contributed by atoms with E-state index in [1.165, 1.54) is 19.5 Å². The number of rotatable bonds is 7. The molecule has 0 aliphatic rings. The minimum Gasteiger partial charge on any atom is -1.00 e. The van der Waals surface area contributed by atoms with Crippen LogP contribution in [-0.2, 0) is 0 Å². The van der Waals surface area contributed by atoms with Crippen molar-refractivity contribution in [2.24, 2.45) is 10.7 Å². The van der Waals surface area contributed by atoms with E-state index in [0.717, 1.165) is 28.5 Å². The Bertz CT molecular complexity index is 1100. The van der Waals surface area contributed by atoms with Gasteiger partial charge in [0.05, 0.1) is 21.3 Å². The van der Waals surface area contributed by atoms with Crippen molar-refractivity contribution in [1.29, 1.82) is 0 Å². The minimum absolute atomic E-state index is 0. The molecule has 0 saturated heterocycles. The van der Waals surface area contributed by atoms with Crippen molar-refractivity contribution in [1.82, 2.24) is 5.32 Å². The summed E-state index contributed by atoms with van der Waals surface area (Å²) >= 11 is 0. The molecule has 9 heteroatoms. The third kappa shape index (κ3) is 16.2. The van der Waals surface area contributed by atoms with Crippen molar-refractivity contribution in [2.75, 3.05) is 42.5 Å². The molecule has 3 N–H and O–H groups in total. The second kappa shape index (κ2) is 24.4. The molecule has 0 aromatic heterocycles. The predicted octanol–water partition coefficient (Wildman–Crippen LogP) is 2.32. The zero-order valence-corrected chi connectivity index (χ0v) is 27.2. The number of benzene rings is 3. The standard InChI is InChI=1S/C10H15NO.C10H13NO.C9H10O2.CH5N.B.Na.H/c2*1-8(11-2)9-5-4-6-10(7-9)12-3;1-7(10)8-4-3-5-9(6-8)11-2;1-2;;;/h4-8,11H,1-3H3;4-7H,1-3H3;3-6H,1-2H3;2H2,1H3;;;/q;;;;;+1;-1. The van der Waals surface area contributed by atoms with Crippen LogP contribution in [0.1, 0.15) is 49.7 Å². The second-order valence-corrected chi connectivity index (χ2v) is 7.62. The Hall–Kier alpha value is -2.62. The fraction of sp³-hybridized carbons (Fsp3) is 0.333. The molecule has 3 rings (SSSR count). The molecule has 0 aliphatic carbocycles. The molecule has 1 atom stereocenters. The van der Waals surface area contributed by atoms with Crippen LogP contribution in [0.2, 0.25) is 0 Å². The van der Waals surface area contributed by atoms with E-state index in [1.54, 1.807) is 46.6 Å². The Kier molecular flexibility index (Phi) is 25.6. The number of Topliss-reactive ketones (excluding diaryl/α,β-unsaturated/α-hetero) is 1. The van der Waals surface area contributed by atoms with E-state index in [2.05, 4.69) is 29.0 Å². The first-order valence-electron chi connectivity index (χ1n) is 11.9. The monoisotopic (exact) mass is 544 g/mol. The molecule has 207 valence electrons. The summed E-state index contributed by atoms with van der Waals surface area (Å²) in [6, 6.07) is 23.4. The normalized spacial score (nSPS) is 10.2. The van der Waals surface area contributed by atoms with Gasteiger partial charge >= 0.3 is 29.6 Å². The van der Waals surface area contributed by atoms with Gasteiger partial charge in [0.2, 0.25) is 0 Å². The van der Waals surface area contributed by atoms with Gasteiger partial charge in [0.1, 0.15) is 17.2 Å². The Morgan fingerprint density at radius 2 is 1.23 bits per heavy atom. The maximum absolute atomic E-state index is 10.9. The van der Waals surface area contributed by atoms with Gasteiger partial charge in [-0.3, -0.25) is 9.79 Å². The van der Waals surface area contributed by atoms with E-state index < -0.39 is 0 Å². The predicted molar refractivity (Wildman–Crippen MR) is 162 cm³/mol. The largest absolute Gasteiger partial charge is 1.00 e. The first-order valence-corrected chi connectivity index (χ1v) is 11.9. The van der Waals surface area contributed by atoms with Gasteiger partial charge in [-0.05, 0) is 82.4 Å². The quantitative estimate of drug-likeness (QED) is 0.270. The minimum atomic E-state index is 0. The maximum atomic E-state index is 10.9. The molecule has 0 fully saturated rings. The molecule has 0 heterocycles. The van der Waals surface area contributed by atoms with Crippen LogP contribution in [0.15, 0.2) is 77.8 Å². The molecule has 0 amide bonds. The summed E-state index contributed by atoms with van der Waals surface area (Å²) in [5, 5.41) is 3.18. The number of carbonyl (C=O) groups excluding carboxylic acids is 1. The van der Waals surface area contributed by atoms with E-state index in [1.807, 2.05) is 62.5 Å². The Balaban J connectivity index is -0.000000227. The van der Waals surface area contributed by atoms with Gasteiger partial charge in [0.25, 0.3) is 0 Å². The van der Waals surface area contributed by atoms with Crippen molar-refractivity contribution < 1.29 is 50.0 Å². The average molecular weight is 545 g/mol. The smallest absolute Gasteiger partial charge is 1.00 e. The number of ether oxygens (including phenoxy) is 3. The number of methoxy groups -OCH3 is 3. The van der Waals surface area contributed by atoms with Crippen LogP contribution in [-0.4, -0.2) is 62.4 Å². The molecule has 3 aromatic carbocycles. The van der Waals surface area contributed by atoms with Crippen molar-refractivity contribution in [3.8, 4) is 17.2 Å². The number of nitrogens with one attached hydrogen (secondary N) is 1. The van der Waals surface area contributed by atoms with Crippen LogP contribution in [0.25, 0.3) is 0 Å². The number of carbonyl (C=O) groups is 1. The maximum Gasteiger partial charge on any atom is 1.00 e. The van der Waals surface area contributed by atoms with Crippen molar-refractivity contribution in [3.63, 3.8) is 0 Å². The summed E-state index contributed by atoms with van der Waals surface area (Å²) < 4.78 is 15.2. The summed E-state index contributed by atoms with van der Waals surface area (Å²) in [6.07, 6.45) is 0. The SMILES string of the molecule is CN.CN=C(C)c1cccc(OC)c1.CNC(C)c1cccc(OC)c1.COc1cccc(C(C)=O)c1.[B].[H-].[Na+]. The van der Waals surface area contributed by atoms with Crippen molar-refractivity contribution >= 4 is 19.9 Å². The summed E-state index contributed by atoms with van der Waals surface area (Å²) in [5.74, 6) is 2.56. The Morgan fingerprint density at radius 3 is 1.64 bits per heavy atom. The molecule has 0 spiro atoms. The van der Waals surface area contributed by atoms with E-state index in [0.29, 0.717) is 11.6 Å². The molecular formula is C30H44BN3NaO4. The van der Waals surface area contributed by atoms with Crippen molar-refractivity contribution in [3.05, 3.63) is 89.5 Å². The molecule has 39 heavy (non-hydrogen) atoms. The Morgan fingerprint density at radius 1 is 0.821 bits per heavy atom. The van der Waals surface area contributed by atoms with Crippen LogP contribution in [0.3, 0.4) is 0 Å². The molecule has 0 bridgehead atoms. The number of nitrogens with two attached hydrogens (primary N) is 1. The summed E-state index contributed by atoms with van der Waals surface area (Å²) in [4.78, 5) is 15.0. The van der Waals surface area contributed by atoms with Crippen LogP contribution in [0.5, 0.6) is 17.2 Å². The molecule has 3 radical (unpaired) electrons. The summed E-state index contributed by atoms with van der Waals surface area (Å²) in [6.45, 7) is 5.64. The molecule has 0 saturated carbocycles. The van der Waals surface area contributed by atoms with Crippen LogP contribution < -0.4 is 54.8 Å². The van der Waals surface area contributed by atoms with Gasteiger partial charge in [-0.1, -0.05) is 36.4 Å². The number of hydrogen-bond acceptors (Lipinski definition) is 7. The number of ketones is 1. The third-order valence-electron chi connectivity index (χ3n) is 5.33. The second-order valence-electron chi connectivity index (χ2n) is 7.62. The first-order chi connectivity index (χ1) is 17.8. The van der Waals surface area contributed by atoms with Crippen LogP contribution in [0, 0.1) is 0 Å². The van der Waals surface area contributed by atoms with E-state index in [4.69, 9.17) is 14.2 Å². The number of aliphatic imine (C=N–C) groups is 1. The number of hydrogen-bond donors (Lipinski definition) is 2. The first kappa shape index (κ1) is 40.9. The molecule has 0 aliphatic heterocycles. The Labute approximate surface area is 260 Å². The zero-order valence-electron chi connectivity index (χ0n) is 26.2. The van der Waals surface area contributed by atoms with E-state index >= 15 is 0 Å². The fourth-order valence-electron chi connectivity index (χ4n) is 2.90. The van der Waals surface area contributed by atoms with Gasteiger partial charge < -0.3 is 26.7 Å². The van der Waals surface area contributed by atoms with Crippen LogP contribution in [0.4, 0.5) is 0 Å². The van der Waals surface area contributed by atoms with Gasteiger partial charge in [-0.2, -0.15) is 0 Å². The van der Waals surface area contributed by atoms with Gasteiger partial charge in [0, 0.05) is 32.8 Å². The van der Waals surface area contributed by atoms with Crippen molar-refractivity contribution in [2.45, 2.75) is 26.8 Å². The van der Waals surface area contributed by atoms with Gasteiger partial charge in [-0.15, -0.1) is 0 Å². The number of nitrogens with zero attached hydrogens (tertiary/aromatic N) is 1. The summed E-state index contributed by atoms with van der Waals surface area (Å²) in [7, 11) is 10.2. The van der Waals surface area contributed by atoms with E-state index in [-0.39, 0.29) is 45.2 Å². The third-order valence-corrected chi connectivity index (χ3v) is 5.33. The average Bonchev–Trinajstić information content (AvgIpc) is 2.97. The molecular weight excluding hydrogens is 500 g/mol. The molecule has 7 nitrogen and oxygen atoms in total. The fourth-order valence-corrected chi connectivity index (χ4v) is 2.90. The molecule has 3 aromatic rings. The zero-order chi connectivity index (χ0) is 28.2. The molecule has 1 unspecified atom stereocenters. The van der Waals surface area contributed by atoms with Gasteiger partial charge in [-0.25, -0.2) is 0 Å². The van der Waals surface area contributed by atoms with Crippen LogP contribution >= 0.6 is 0 Å². The van der Waals surface area contributed by atoms with Gasteiger partial charge in [0.15, 0.2) is 5.78 Å². The topological polar surface area (TPSA) is 95.2 Å². The summed E-state index contributed by atoms with van der Waals surface area (Å²) in [5.41, 5.74) is 8.56. The van der Waals surface area contributed by atoms with E-state index in [9.17, 15) is 4.79 Å².